The van der Waals surface area contributed by atoms with Crippen LogP contribution in [-0.4, -0.2) is 17.6 Å². The van der Waals surface area contributed by atoms with Crippen molar-refractivity contribution in [2.45, 2.75) is 12.5 Å². The lowest BCUT2D eigenvalue weighted by Crippen LogP contribution is -2.26. The van der Waals surface area contributed by atoms with Crippen LogP contribution in [0.25, 0.3) is 0 Å². The molecule has 5 heteroatoms. The van der Waals surface area contributed by atoms with Gasteiger partial charge in [-0.25, -0.2) is 0 Å². The summed E-state index contributed by atoms with van der Waals surface area (Å²) in [6, 6.07) is 0. The first-order chi connectivity index (χ1) is 5.02. The van der Waals surface area contributed by atoms with Crippen molar-refractivity contribution in [2.75, 3.05) is 0 Å². The molecule has 0 fully saturated rings. The Labute approximate surface area is 60.6 Å². The largest absolute Gasteiger partial charge is 0.468 e. The third kappa shape index (κ3) is 1.74. The van der Waals surface area contributed by atoms with Gasteiger partial charge in [0.15, 0.2) is 0 Å². The van der Waals surface area contributed by atoms with E-state index in [0.717, 1.165) is 18.4 Å². The molecule has 0 spiro atoms. The molecule has 1 heterocycles. The zero-order valence-electron chi connectivity index (χ0n) is 5.30. The van der Waals surface area contributed by atoms with Crippen LogP contribution in [0.3, 0.4) is 0 Å². The SMILES string of the molecule is OC1OC=CC=C1C(F)(F)F. The van der Waals surface area contributed by atoms with Crippen LogP contribution < -0.4 is 0 Å². The van der Waals surface area contributed by atoms with E-state index in [9.17, 15) is 13.2 Å². The summed E-state index contributed by atoms with van der Waals surface area (Å²) in [6.07, 6.45) is -3.56. The molecule has 11 heavy (non-hydrogen) atoms. The second-order valence-electron chi connectivity index (χ2n) is 1.94. The molecule has 1 atom stereocenters. The summed E-state index contributed by atoms with van der Waals surface area (Å²) < 4.78 is 39.8. The molecule has 1 rings (SSSR count). The van der Waals surface area contributed by atoms with Crippen LogP contribution in [0.4, 0.5) is 13.2 Å². The van der Waals surface area contributed by atoms with Crippen LogP contribution in [0.1, 0.15) is 0 Å². The average Bonchev–Trinajstić information content (AvgIpc) is 1.86. The van der Waals surface area contributed by atoms with E-state index in [2.05, 4.69) is 4.74 Å². The van der Waals surface area contributed by atoms with Crippen molar-refractivity contribution >= 4 is 0 Å². The Morgan fingerprint density at radius 3 is 2.45 bits per heavy atom. The molecule has 0 amide bonds. The highest BCUT2D eigenvalue weighted by molar-refractivity contribution is 5.21. The van der Waals surface area contributed by atoms with E-state index >= 15 is 0 Å². The number of aliphatic hydroxyl groups excluding tert-OH is 1. The fraction of sp³-hybridized carbons (Fsp3) is 0.333. The zero-order valence-corrected chi connectivity index (χ0v) is 5.30. The number of ether oxygens (including phenoxy) is 1. The van der Waals surface area contributed by atoms with Crippen molar-refractivity contribution in [3.05, 3.63) is 24.0 Å². The highest BCUT2D eigenvalue weighted by Crippen LogP contribution is 2.30. The lowest BCUT2D eigenvalue weighted by molar-refractivity contribution is -0.136. The van der Waals surface area contributed by atoms with Gasteiger partial charge in [0.05, 0.1) is 6.26 Å². The van der Waals surface area contributed by atoms with Crippen molar-refractivity contribution < 1.29 is 23.0 Å². The van der Waals surface area contributed by atoms with Crippen LogP contribution in [0.5, 0.6) is 0 Å². The molecule has 0 saturated carbocycles. The van der Waals surface area contributed by atoms with Gasteiger partial charge in [0.2, 0.25) is 6.29 Å². The first-order valence-corrected chi connectivity index (χ1v) is 2.79. The summed E-state index contributed by atoms with van der Waals surface area (Å²) in [5.74, 6) is 0. The van der Waals surface area contributed by atoms with Crippen molar-refractivity contribution in [2.24, 2.45) is 0 Å². The third-order valence-electron chi connectivity index (χ3n) is 1.16. The molecule has 1 aliphatic rings. The normalized spacial score (nSPS) is 24.4. The smallest absolute Gasteiger partial charge is 0.418 e. The minimum absolute atomic E-state index is 0.772. The molecule has 2 nitrogen and oxygen atoms in total. The van der Waals surface area contributed by atoms with Crippen molar-refractivity contribution in [3.8, 4) is 0 Å². The third-order valence-corrected chi connectivity index (χ3v) is 1.16. The lowest BCUT2D eigenvalue weighted by Gasteiger charge is -2.18. The lowest BCUT2D eigenvalue weighted by atomic mass is 10.2. The maximum absolute atomic E-state index is 11.8. The first kappa shape index (κ1) is 8.13. The molecule has 0 aromatic rings. The van der Waals surface area contributed by atoms with E-state index in [0.29, 0.717) is 0 Å². The minimum Gasteiger partial charge on any atom is -0.468 e. The predicted molar refractivity (Wildman–Crippen MR) is 30.4 cm³/mol. The second kappa shape index (κ2) is 2.58. The molecule has 1 aliphatic heterocycles. The van der Waals surface area contributed by atoms with E-state index in [4.69, 9.17) is 5.11 Å². The Morgan fingerprint density at radius 2 is 2.09 bits per heavy atom. The van der Waals surface area contributed by atoms with Gasteiger partial charge in [0.1, 0.15) is 5.57 Å². The van der Waals surface area contributed by atoms with Crippen molar-refractivity contribution in [1.82, 2.24) is 0 Å². The van der Waals surface area contributed by atoms with Crippen molar-refractivity contribution in [1.29, 1.82) is 0 Å². The van der Waals surface area contributed by atoms with Gasteiger partial charge in [-0.15, -0.1) is 0 Å². The average molecular weight is 166 g/mol. The number of hydrogen-bond donors (Lipinski definition) is 1. The van der Waals surface area contributed by atoms with Crippen LogP contribution in [0.2, 0.25) is 0 Å². The van der Waals surface area contributed by atoms with Gasteiger partial charge in [-0.05, 0) is 12.2 Å². The highest BCUT2D eigenvalue weighted by Gasteiger charge is 2.39. The second-order valence-corrected chi connectivity index (χ2v) is 1.94. The van der Waals surface area contributed by atoms with E-state index in [1.165, 1.54) is 0 Å². The van der Waals surface area contributed by atoms with Crippen LogP contribution in [0, 0.1) is 0 Å². The number of rotatable bonds is 0. The molecule has 62 valence electrons. The summed E-state index contributed by atoms with van der Waals surface area (Å²) in [7, 11) is 0. The van der Waals surface area contributed by atoms with Gasteiger partial charge < -0.3 is 9.84 Å². The maximum Gasteiger partial charge on any atom is 0.418 e. The molecule has 0 bridgehead atoms. The Hall–Kier alpha value is -0.970. The summed E-state index contributed by atoms with van der Waals surface area (Å²) in [5, 5.41) is 8.64. The van der Waals surface area contributed by atoms with Gasteiger partial charge in [0, 0.05) is 0 Å². The number of hydrogen-bond acceptors (Lipinski definition) is 2. The molecule has 0 aromatic heterocycles. The molecular formula is C6H5F3O2. The molecule has 0 aromatic carbocycles. The Morgan fingerprint density at radius 1 is 1.45 bits per heavy atom. The van der Waals surface area contributed by atoms with E-state index in [1.54, 1.807) is 0 Å². The quantitative estimate of drug-likeness (QED) is 0.588. The summed E-state index contributed by atoms with van der Waals surface area (Å²) in [5.41, 5.74) is -1.08. The zero-order chi connectivity index (χ0) is 8.48. The number of aliphatic hydroxyl groups is 1. The fourth-order valence-corrected chi connectivity index (χ4v) is 0.653. The van der Waals surface area contributed by atoms with Crippen LogP contribution >= 0.6 is 0 Å². The molecule has 0 radical (unpaired) electrons. The minimum atomic E-state index is -4.52. The number of alkyl halides is 3. The fourth-order valence-electron chi connectivity index (χ4n) is 0.653. The van der Waals surface area contributed by atoms with E-state index < -0.39 is 18.0 Å². The summed E-state index contributed by atoms with van der Waals surface area (Å²) in [4.78, 5) is 0. The Balaban J connectivity index is 2.84. The van der Waals surface area contributed by atoms with Crippen molar-refractivity contribution in [3.63, 3.8) is 0 Å². The molecule has 0 aliphatic carbocycles. The topological polar surface area (TPSA) is 29.5 Å². The summed E-state index contributed by atoms with van der Waals surface area (Å²) in [6.45, 7) is 0. The molecule has 1 unspecified atom stereocenters. The predicted octanol–water partition coefficient (Wildman–Crippen LogP) is 1.34. The monoisotopic (exact) mass is 166 g/mol. The summed E-state index contributed by atoms with van der Waals surface area (Å²) >= 11 is 0. The van der Waals surface area contributed by atoms with Crippen LogP contribution in [0.15, 0.2) is 24.0 Å². The number of halogens is 3. The highest BCUT2D eigenvalue weighted by atomic mass is 19.4. The molecular weight excluding hydrogens is 161 g/mol. The molecule has 0 saturated heterocycles. The van der Waals surface area contributed by atoms with Gasteiger partial charge in [0.25, 0.3) is 0 Å². The Kier molecular flexibility index (Phi) is 1.90. The standard InChI is InChI=1S/C6H5F3O2/c7-6(8,9)4-2-1-3-11-5(4)10/h1-3,5,10H. The maximum atomic E-state index is 11.8. The van der Waals surface area contributed by atoms with E-state index in [1.807, 2.05) is 0 Å². The number of allylic oxidation sites excluding steroid dienone is 2. The van der Waals surface area contributed by atoms with E-state index in [-0.39, 0.29) is 0 Å². The van der Waals surface area contributed by atoms with Gasteiger partial charge >= 0.3 is 6.18 Å². The van der Waals surface area contributed by atoms with Gasteiger partial charge in [-0.3, -0.25) is 0 Å². The first-order valence-electron chi connectivity index (χ1n) is 2.79. The van der Waals surface area contributed by atoms with Gasteiger partial charge in [-0.1, -0.05) is 0 Å². The molecule has 1 N–H and O–H groups in total. The van der Waals surface area contributed by atoms with Gasteiger partial charge in [-0.2, -0.15) is 13.2 Å². The van der Waals surface area contributed by atoms with Crippen LogP contribution in [-0.2, 0) is 4.74 Å². The Bertz CT molecular complexity index is 204.